The average Bonchev–Trinajstić information content (AvgIpc) is 2.39. The molecule has 0 saturated carbocycles. The van der Waals surface area contributed by atoms with Crippen LogP contribution in [0.2, 0.25) is 10.0 Å². The predicted octanol–water partition coefficient (Wildman–Crippen LogP) is 4.39. The zero-order valence-electron chi connectivity index (χ0n) is 13.5. The molecule has 0 aromatic heterocycles. The largest absolute Gasteiger partial charge is 0.444 e. The lowest BCUT2D eigenvalue weighted by Gasteiger charge is -2.23. The Bertz CT molecular complexity index is 501. The first-order valence-corrected chi connectivity index (χ1v) is 8.11. The van der Waals surface area contributed by atoms with Crippen LogP contribution in [0.1, 0.15) is 39.7 Å². The molecule has 0 radical (unpaired) electrons. The molecule has 0 aliphatic carbocycles. The third-order valence-corrected chi connectivity index (χ3v) is 3.53. The molecule has 0 fully saturated rings. The summed E-state index contributed by atoms with van der Waals surface area (Å²) in [6.45, 7) is 8.74. The van der Waals surface area contributed by atoms with Crippen molar-refractivity contribution in [3.05, 3.63) is 33.8 Å². The molecular weight excluding hydrogens is 323 g/mol. The van der Waals surface area contributed by atoms with Gasteiger partial charge in [0, 0.05) is 29.2 Å². The summed E-state index contributed by atoms with van der Waals surface area (Å²) in [6, 6.07) is 5.36. The van der Waals surface area contributed by atoms with Gasteiger partial charge in [0.1, 0.15) is 5.60 Å². The Morgan fingerprint density at radius 1 is 1.32 bits per heavy atom. The number of benzene rings is 1. The van der Waals surface area contributed by atoms with Crippen molar-refractivity contribution < 1.29 is 9.53 Å². The zero-order chi connectivity index (χ0) is 16.8. The molecule has 4 nitrogen and oxygen atoms in total. The van der Waals surface area contributed by atoms with E-state index in [1.807, 2.05) is 33.8 Å². The van der Waals surface area contributed by atoms with Gasteiger partial charge in [-0.3, -0.25) is 0 Å². The van der Waals surface area contributed by atoms with E-state index in [1.54, 1.807) is 12.1 Å². The summed E-state index contributed by atoms with van der Waals surface area (Å²) in [5.74, 6) is 0. The Labute approximate surface area is 142 Å². The van der Waals surface area contributed by atoms with Crippen molar-refractivity contribution in [1.29, 1.82) is 0 Å². The van der Waals surface area contributed by atoms with Crippen molar-refractivity contribution in [1.82, 2.24) is 10.6 Å². The van der Waals surface area contributed by atoms with E-state index in [-0.39, 0.29) is 6.04 Å². The Hall–Kier alpha value is -0.970. The number of carbonyl (C=O) groups is 1. The molecular formula is C16H24Cl2N2O2. The quantitative estimate of drug-likeness (QED) is 0.803. The SMILES string of the molecule is CCC(CNCc1cc(Cl)ccc1Cl)NC(=O)OC(C)(C)C. The van der Waals surface area contributed by atoms with Crippen LogP contribution in [0.5, 0.6) is 0 Å². The molecule has 22 heavy (non-hydrogen) atoms. The fourth-order valence-electron chi connectivity index (χ4n) is 1.83. The highest BCUT2D eigenvalue weighted by molar-refractivity contribution is 6.33. The normalized spacial score (nSPS) is 12.8. The number of nitrogens with one attached hydrogen (secondary N) is 2. The minimum Gasteiger partial charge on any atom is -0.444 e. The van der Waals surface area contributed by atoms with Crippen LogP contribution in [0, 0.1) is 0 Å². The van der Waals surface area contributed by atoms with Crippen LogP contribution in [-0.4, -0.2) is 24.3 Å². The van der Waals surface area contributed by atoms with Gasteiger partial charge in [-0.05, 0) is 51.0 Å². The van der Waals surface area contributed by atoms with E-state index in [9.17, 15) is 4.79 Å². The number of hydrogen-bond donors (Lipinski definition) is 2. The molecule has 0 aliphatic heterocycles. The van der Waals surface area contributed by atoms with Crippen LogP contribution in [0.4, 0.5) is 4.79 Å². The highest BCUT2D eigenvalue weighted by Crippen LogP contribution is 2.20. The van der Waals surface area contributed by atoms with Gasteiger partial charge in [0.15, 0.2) is 0 Å². The smallest absolute Gasteiger partial charge is 0.407 e. The van der Waals surface area contributed by atoms with E-state index in [1.165, 1.54) is 0 Å². The molecule has 6 heteroatoms. The molecule has 1 unspecified atom stereocenters. The minimum atomic E-state index is -0.496. The topological polar surface area (TPSA) is 50.4 Å². The molecule has 1 aromatic rings. The van der Waals surface area contributed by atoms with Gasteiger partial charge < -0.3 is 15.4 Å². The maximum Gasteiger partial charge on any atom is 0.407 e. The van der Waals surface area contributed by atoms with Crippen LogP contribution in [0.25, 0.3) is 0 Å². The van der Waals surface area contributed by atoms with Gasteiger partial charge in [0.2, 0.25) is 0 Å². The van der Waals surface area contributed by atoms with E-state index in [2.05, 4.69) is 10.6 Å². The number of carbonyl (C=O) groups excluding carboxylic acids is 1. The van der Waals surface area contributed by atoms with Gasteiger partial charge in [0.25, 0.3) is 0 Å². The van der Waals surface area contributed by atoms with E-state index >= 15 is 0 Å². The second-order valence-electron chi connectivity index (χ2n) is 6.12. The lowest BCUT2D eigenvalue weighted by Crippen LogP contribution is -2.43. The van der Waals surface area contributed by atoms with Gasteiger partial charge >= 0.3 is 6.09 Å². The summed E-state index contributed by atoms with van der Waals surface area (Å²) in [5, 5.41) is 7.45. The van der Waals surface area contributed by atoms with E-state index < -0.39 is 11.7 Å². The third-order valence-electron chi connectivity index (χ3n) is 2.93. The predicted molar refractivity (Wildman–Crippen MR) is 91.6 cm³/mol. The molecule has 0 heterocycles. The lowest BCUT2D eigenvalue weighted by atomic mass is 10.2. The third kappa shape index (κ3) is 7.34. The highest BCUT2D eigenvalue weighted by atomic mass is 35.5. The second kappa shape index (κ2) is 8.61. The summed E-state index contributed by atoms with van der Waals surface area (Å²) < 4.78 is 5.25. The van der Waals surface area contributed by atoms with E-state index in [4.69, 9.17) is 27.9 Å². The van der Waals surface area contributed by atoms with Gasteiger partial charge in [-0.2, -0.15) is 0 Å². The molecule has 0 aliphatic rings. The maximum atomic E-state index is 11.8. The summed E-state index contributed by atoms with van der Waals surface area (Å²) in [5.41, 5.74) is 0.436. The Morgan fingerprint density at radius 2 is 2.00 bits per heavy atom. The summed E-state index contributed by atoms with van der Waals surface area (Å²) >= 11 is 12.1. The van der Waals surface area contributed by atoms with Gasteiger partial charge in [-0.15, -0.1) is 0 Å². The summed E-state index contributed by atoms with van der Waals surface area (Å²) in [7, 11) is 0. The van der Waals surface area contributed by atoms with Crippen LogP contribution in [-0.2, 0) is 11.3 Å². The number of hydrogen-bond acceptors (Lipinski definition) is 3. The fraction of sp³-hybridized carbons (Fsp3) is 0.562. The summed E-state index contributed by atoms with van der Waals surface area (Å²) in [6.07, 6.45) is 0.400. The second-order valence-corrected chi connectivity index (χ2v) is 6.96. The zero-order valence-corrected chi connectivity index (χ0v) is 15.0. The maximum absolute atomic E-state index is 11.8. The van der Waals surface area contributed by atoms with Crippen molar-refractivity contribution >= 4 is 29.3 Å². The number of alkyl carbamates (subject to hydrolysis) is 1. The van der Waals surface area contributed by atoms with E-state index in [0.717, 1.165) is 12.0 Å². The Kier molecular flexibility index (Phi) is 7.46. The standard InChI is InChI=1S/C16H24Cl2N2O2/c1-5-13(20-15(21)22-16(2,3)4)10-19-9-11-8-12(17)6-7-14(11)18/h6-8,13,19H,5,9-10H2,1-4H3,(H,20,21). The van der Waals surface area contributed by atoms with Crippen LogP contribution in [0.3, 0.4) is 0 Å². The Morgan fingerprint density at radius 3 is 2.59 bits per heavy atom. The molecule has 0 saturated heterocycles. The molecule has 124 valence electrons. The number of amides is 1. The van der Waals surface area contributed by atoms with Crippen LogP contribution in [0.15, 0.2) is 18.2 Å². The Balaban J connectivity index is 2.44. The number of ether oxygens (including phenoxy) is 1. The monoisotopic (exact) mass is 346 g/mol. The van der Waals surface area contributed by atoms with Gasteiger partial charge in [-0.1, -0.05) is 30.1 Å². The average molecular weight is 347 g/mol. The summed E-state index contributed by atoms with van der Waals surface area (Å²) in [4.78, 5) is 11.8. The molecule has 0 spiro atoms. The van der Waals surface area contributed by atoms with Crippen LogP contribution < -0.4 is 10.6 Å². The highest BCUT2D eigenvalue weighted by Gasteiger charge is 2.18. The van der Waals surface area contributed by atoms with Crippen molar-refractivity contribution in [2.45, 2.75) is 52.3 Å². The first kappa shape index (κ1) is 19.1. The van der Waals surface area contributed by atoms with Crippen molar-refractivity contribution in [3.8, 4) is 0 Å². The molecule has 1 atom stereocenters. The molecule has 2 N–H and O–H groups in total. The number of halogens is 2. The minimum absolute atomic E-state index is 0.00666. The van der Waals surface area contributed by atoms with Gasteiger partial charge in [0.05, 0.1) is 0 Å². The molecule has 1 rings (SSSR count). The molecule has 1 aromatic carbocycles. The fourth-order valence-corrected chi connectivity index (χ4v) is 2.21. The molecule has 0 bridgehead atoms. The van der Waals surface area contributed by atoms with Crippen molar-refractivity contribution in [2.75, 3.05) is 6.54 Å². The molecule has 1 amide bonds. The lowest BCUT2D eigenvalue weighted by molar-refractivity contribution is 0.0502. The first-order valence-electron chi connectivity index (χ1n) is 7.35. The number of rotatable bonds is 6. The first-order chi connectivity index (χ1) is 10.2. The van der Waals surface area contributed by atoms with Crippen molar-refractivity contribution in [2.24, 2.45) is 0 Å². The van der Waals surface area contributed by atoms with Crippen LogP contribution >= 0.6 is 23.2 Å². The van der Waals surface area contributed by atoms with E-state index in [0.29, 0.717) is 23.1 Å². The van der Waals surface area contributed by atoms with Crippen molar-refractivity contribution in [3.63, 3.8) is 0 Å². The van der Waals surface area contributed by atoms with Gasteiger partial charge in [-0.25, -0.2) is 4.79 Å².